The zero-order valence-electron chi connectivity index (χ0n) is 31.8. The van der Waals surface area contributed by atoms with E-state index in [0.717, 1.165) is 37.7 Å². The maximum Gasteiger partial charge on any atom is 0.317 e. The molecule has 0 aromatic rings. The Morgan fingerprint density at radius 3 is 2.11 bits per heavy atom. The lowest BCUT2D eigenvalue weighted by atomic mass is 9.61. The maximum absolute atomic E-state index is 12.8. The first-order valence-corrected chi connectivity index (χ1v) is 24.2. The van der Waals surface area contributed by atoms with Gasteiger partial charge in [-0.2, -0.15) is 0 Å². The van der Waals surface area contributed by atoms with E-state index in [1.54, 1.807) is 11.6 Å². The highest BCUT2D eigenvalue weighted by molar-refractivity contribution is 6.74. The van der Waals surface area contributed by atoms with E-state index in [4.69, 9.17) is 8.85 Å². The van der Waals surface area contributed by atoms with E-state index in [-0.39, 0.29) is 39.4 Å². The molecule has 4 aliphatic rings. The van der Waals surface area contributed by atoms with E-state index in [0.29, 0.717) is 24.7 Å². The summed E-state index contributed by atoms with van der Waals surface area (Å²) in [7, 11) is -3.99. The SMILES string of the molecule is C=C1/C(=C\C=C2/CCC[C@]3(C)[C@@H]([C@H](C)/C=C/C(=O)C4(C(=O)O)CC4)CC[C@@H]23)C[C@@H](O[Si](C)(C)C(C)(C)C)C[C@@H]1O[Si](C)(C)C(C)(C)C. The van der Waals surface area contributed by atoms with Gasteiger partial charge in [-0.3, -0.25) is 9.59 Å². The van der Waals surface area contributed by atoms with E-state index in [1.807, 2.05) is 6.08 Å². The molecule has 4 aliphatic carbocycles. The smallest absolute Gasteiger partial charge is 0.317 e. The molecule has 264 valence electrons. The van der Waals surface area contributed by atoms with Crippen LogP contribution in [0.5, 0.6) is 0 Å². The third-order valence-corrected chi connectivity index (χ3v) is 22.6. The average molecular weight is 683 g/mol. The fourth-order valence-corrected chi connectivity index (χ4v) is 10.8. The molecule has 0 spiro atoms. The number of carboxylic acid groups (broad SMARTS) is 1. The van der Waals surface area contributed by atoms with Gasteiger partial charge >= 0.3 is 5.97 Å². The van der Waals surface area contributed by atoms with Crippen molar-refractivity contribution in [3.63, 3.8) is 0 Å². The van der Waals surface area contributed by atoms with Crippen LogP contribution in [-0.4, -0.2) is 45.7 Å². The highest BCUT2D eigenvalue weighted by atomic mass is 28.4. The molecule has 0 saturated heterocycles. The van der Waals surface area contributed by atoms with Gasteiger partial charge in [0.2, 0.25) is 0 Å². The summed E-state index contributed by atoms with van der Waals surface area (Å²) in [6, 6.07) is 0. The van der Waals surface area contributed by atoms with E-state index >= 15 is 0 Å². The topological polar surface area (TPSA) is 72.8 Å². The van der Waals surface area contributed by atoms with Crippen molar-refractivity contribution in [3.8, 4) is 0 Å². The molecule has 0 bridgehead atoms. The van der Waals surface area contributed by atoms with Crippen LogP contribution in [0.3, 0.4) is 0 Å². The first kappa shape index (κ1) is 38.3. The Bertz CT molecular complexity index is 1320. The normalized spacial score (nSPS) is 32.6. The van der Waals surface area contributed by atoms with Crippen LogP contribution in [0.2, 0.25) is 36.3 Å². The van der Waals surface area contributed by atoms with Crippen molar-refractivity contribution in [1.29, 1.82) is 0 Å². The van der Waals surface area contributed by atoms with E-state index in [1.165, 1.54) is 18.4 Å². The van der Waals surface area contributed by atoms with Crippen LogP contribution in [0.1, 0.15) is 113 Å². The Morgan fingerprint density at radius 1 is 0.957 bits per heavy atom. The molecular formula is C40H66O5Si2. The Balaban J connectivity index is 1.57. The highest BCUT2D eigenvalue weighted by Gasteiger charge is 2.56. The number of carboxylic acids is 1. The third-order valence-electron chi connectivity index (χ3n) is 13.6. The zero-order chi connectivity index (χ0) is 35.4. The van der Waals surface area contributed by atoms with E-state index < -0.39 is 28.0 Å². The lowest BCUT2D eigenvalue weighted by molar-refractivity contribution is -0.146. The van der Waals surface area contributed by atoms with Crippen LogP contribution >= 0.6 is 0 Å². The van der Waals surface area contributed by atoms with Gasteiger partial charge in [-0.25, -0.2) is 0 Å². The summed E-state index contributed by atoms with van der Waals surface area (Å²) >= 11 is 0. The summed E-state index contributed by atoms with van der Waals surface area (Å²) in [6.45, 7) is 32.6. The number of carbonyl (C=O) groups excluding carboxylic acids is 1. The number of hydrogen-bond donors (Lipinski definition) is 1. The van der Waals surface area contributed by atoms with Crippen molar-refractivity contribution in [2.45, 2.75) is 162 Å². The summed E-state index contributed by atoms with van der Waals surface area (Å²) in [5, 5.41) is 9.81. The zero-order valence-corrected chi connectivity index (χ0v) is 33.8. The van der Waals surface area contributed by atoms with Crippen LogP contribution in [0.25, 0.3) is 0 Å². The molecule has 1 N–H and O–H groups in total. The molecule has 6 atom stereocenters. The van der Waals surface area contributed by atoms with Crippen LogP contribution < -0.4 is 0 Å². The van der Waals surface area contributed by atoms with Gasteiger partial charge in [0.05, 0.1) is 12.2 Å². The van der Waals surface area contributed by atoms with Gasteiger partial charge in [-0.05, 0) is 128 Å². The molecule has 7 heteroatoms. The Kier molecular flexibility index (Phi) is 10.8. The second kappa shape index (κ2) is 13.3. The molecule has 0 heterocycles. The monoisotopic (exact) mass is 682 g/mol. The summed E-state index contributed by atoms with van der Waals surface area (Å²) < 4.78 is 14.1. The average Bonchev–Trinajstić information content (AvgIpc) is 3.67. The van der Waals surface area contributed by atoms with Crippen molar-refractivity contribution >= 4 is 28.4 Å². The number of hydrogen-bond acceptors (Lipinski definition) is 4. The van der Waals surface area contributed by atoms with Gasteiger partial charge in [-0.15, -0.1) is 0 Å². The Hall–Kier alpha value is -1.55. The van der Waals surface area contributed by atoms with Gasteiger partial charge in [0, 0.05) is 6.42 Å². The van der Waals surface area contributed by atoms with Crippen molar-refractivity contribution < 1.29 is 23.5 Å². The molecular weight excluding hydrogens is 617 g/mol. The van der Waals surface area contributed by atoms with E-state index in [2.05, 4.69) is 100 Å². The summed E-state index contributed by atoms with van der Waals surface area (Å²) in [5.74, 6) is 0.0269. The van der Waals surface area contributed by atoms with Gasteiger partial charge in [-0.1, -0.05) is 85.8 Å². The fourth-order valence-electron chi connectivity index (χ4n) is 8.13. The molecule has 0 aromatic carbocycles. The first-order valence-electron chi connectivity index (χ1n) is 18.4. The van der Waals surface area contributed by atoms with Crippen LogP contribution in [-0.2, 0) is 18.4 Å². The number of allylic oxidation sites excluding steroid dienone is 5. The summed E-state index contributed by atoms with van der Waals surface area (Å²) in [5.41, 5.74) is 2.97. The molecule has 0 unspecified atom stereocenters. The second-order valence-corrected chi connectivity index (χ2v) is 28.3. The quantitative estimate of drug-likeness (QED) is 0.141. The molecule has 4 saturated carbocycles. The molecule has 0 amide bonds. The minimum absolute atomic E-state index is 0.0252. The van der Waals surface area contributed by atoms with Crippen LogP contribution in [0.4, 0.5) is 0 Å². The van der Waals surface area contributed by atoms with Crippen molar-refractivity contribution in [2.75, 3.05) is 0 Å². The number of aliphatic carboxylic acids is 1. The molecule has 47 heavy (non-hydrogen) atoms. The highest BCUT2D eigenvalue weighted by Crippen LogP contribution is 2.60. The first-order chi connectivity index (χ1) is 21.4. The summed E-state index contributed by atoms with van der Waals surface area (Å²) in [6.07, 6.45) is 17.0. The lowest BCUT2D eigenvalue weighted by Crippen LogP contribution is -2.49. The molecule has 4 fully saturated rings. The van der Waals surface area contributed by atoms with Gasteiger partial charge < -0.3 is 14.0 Å². The van der Waals surface area contributed by atoms with E-state index in [9.17, 15) is 14.7 Å². The number of rotatable bonds is 10. The standard InChI is InChI=1S/C40H66O5Si2/c1-27(16-21-35(41)40(23-24-40)36(42)43)32-19-20-33-29(15-14-22-39(32,33)9)17-18-30-25-31(44-46(10,11)37(3,4)5)26-34(28(30)2)45-47(12,13)38(6,7)8/h16-18,21,27,31-34H,2,14-15,19-20,22-26H2,1,3-13H3,(H,42,43)/b21-16+,29-17+,30-18-/t27-,31-,32-,33+,34+,39-/m1/s1. The van der Waals surface area contributed by atoms with Crippen LogP contribution in [0.15, 0.2) is 47.6 Å². The molecule has 0 radical (unpaired) electrons. The minimum Gasteiger partial charge on any atom is -0.480 e. The van der Waals surface area contributed by atoms with Gasteiger partial charge in [0.15, 0.2) is 22.4 Å². The molecule has 5 nitrogen and oxygen atoms in total. The van der Waals surface area contributed by atoms with Crippen molar-refractivity contribution in [2.24, 2.45) is 28.6 Å². The Labute approximate surface area is 289 Å². The second-order valence-electron chi connectivity index (χ2n) is 18.8. The largest absolute Gasteiger partial charge is 0.480 e. The van der Waals surface area contributed by atoms with Gasteiger partial charge in [0.1, 0.15) is 5.41 Å². The fraction of sp³-hybridized carbons (Fsp3) is 0.750. The maximum atomic E-state index is 12.8. The molecule has 0 aromatic heterocycles. The van der Waals surface area contributed by atoms with Gasteiger partial charge in [0.25, 0.3) is 0 Å². The number of carbonyl (C=O) groups is 2. The molecule has 0 aliphatic heterocycles. The summed E-state index contributed by atoms with van der Waals surface area (Å²) in [4.78, 5) is 24.4. The Morgan fingerprint density at radius 2 is 1.55 bits per heavy atom. The predicted octanol–water partition coefficient (Wildman–Crippen LogP) is 10.8. The van der Waals surface area contributed by atoms with Crippen molar-refractivity contribution in [1.82, 2.24) is 0 Å². The number of fused-ring (bicyclic) bond motifs is 1. The van der Waals surface area contributed by atoms with Crippen LogP contribution in [0, 0.1) is 28.6 Å². The third kappa shape index (κ3) is 7.78. The number of ketones is 1. The minimum atomic E-state index is -2.02. The lowest BCUT2D eigenvalue weighted by Gasteiger charge is -2.45. The molecule has 4 rings (SSSR count). The van der Waals surface area contributed by atoms with Crippen molar-refractivity contribution in [3.05, 3.63) is 47.6 Å². The predicted molar refractivity (Wildman–Crippen MR) is 199 cm³/mol.